The molecule has 0 aliphatic carbocycles. The zero-order chi connectivity index (χ0) is 15.6. The molecule has 0 unspecified atom stereocenters. The minimum absolute atomic E-state index is 0.221. The third-order valence-corrected chi connectivity index (χ3v) is 2.89. The van der Waals surface area contributed by atoms with E-state index in [0.717, 1.165) is 6.07 Å². The van der Waals surface area contributed by atoms with Crippen LogP contribution in [0.3, 0.4) is 0 Å². The highest BCUT2D eigenvalue weighted by atomic mass is 19.2. The number of rotatable bonds is 4. The minimum atomic E-state index is -1.28. The molecule has 0 atom stereocenters. The topological polar surface area (TPSA) is 75.9 Å². The number of aromatic nitrogens is 2. The molecular weight excluding hydrogens is 283 g/mol. The Kier molecular flexibility index (Phi) is 4.27. The molecule has 2 rings (SSSR count). The highest BCUT2D eigenvalue weighted by Crippen LogP contribution is 2.26. The number of nitrogens with zero attached hydrogens (tertiary/aromatic N) is 2. The van der Waals surface area contributed by atoms with Crippen molar-refractivity contribution >= 4 is 17.3 Å². The molecule has 4 N–H and O–H groups in total. The average molecular weight is 297 g/mol. The molecule has 0 bridgehead atoms. The van der Waals surface area contributed by atoms with Crippen LogP contribution in [0.4, 0.5) is 30.5 Å². The first-order valence-corrected chi connectivity index (χ1v) is 6.22. The molecule has 0 saturated carbocycles. The highest BCUT2D eigenvalue weighted by molar-refractivity contribution is 5.65. The van der Waals surface area contributed by atoms with Gasteiger partial charge < -0.3 is 10.7 Å². The quantitative estimate of drug-likeness (QED) is 0.459. The van der Waals surface area contributed by atoms with Gasteiger partial charge in [-0.3, -0.25) is 0 Å². The van der Waals surface area contributed by atoms with Crippen LogP contribution in [0.2, 0.25) is 0 Å². The summed E-state index contributed by atoms with van der Waals surface area (Å²) in [6.07, 6.45) is 0.517. The van der Waals surface area contributed by atoms with E-state index in [-0.39, 0.29) is 11.5 Å². The number of benzene rings is 1. The normalized spacial score (nSPS) is 10.6. The molecular formula is C13H14F3N5. The van der Waals surface area contributed by atoms with Crippen molar-refractivity contribution in [2.24, 2.45) is 5.84 Å². The number of hydrogen-bond donors (Lipinski definition) is 3. The fourth-order valence-electron chi connectivity index (χ4n) is 1.76. The molecule has 0 aliphatic heterocycles. The Morgan fingerprint density at radius 3 is 2.43 bits per heavy atom. The Balaban J connectivity index is 2.49. The Morgan fingerprint density at radius 1 is 1.14 bits per heavy atom. The van der Waals surface area contributed by atoms with Crippen molar-refractivity contribution in [1.82, 2.24) is 9.97 Å². The molecule has 0 amide bonds. The zero-order valence-electron chi connectivity index (χ0n) is 11.5. The summed E-state index contributed by atoms with van der Waals surface area (Å²) in [4.78, 5) is 8.31. The highest BCUT2D eigenvalue weighted by Gasteiger charge is 2.15. The number of nitrogens with two attached hydrogens (primary N) is 1. The van der Waals surface area contributed by atoms with Crippen LogP contribution in [0.25, 0.3) is 0 Å². The fourth-order valence-corrected chi connectivity index (χ4v) is 1.76. The van der Waals surface area contributed by atoms with Crippen molar-refractivity contribution in [3.63, 3.8) is 0 Å². The Bertz CT molecular complexity index is 675. The summed E-state index contributed by atoms with van der Waals surface area (Å²) >= 11 is 0. The smallest absolute Gasteiger partial charge is 0.182 e. The number of nitrogens with one attached hydrogen (secondary N) is 2. The SMILES string of the molecule is CCc1nc(NN)c(C)c(Nc2cc(F)cc(F)c2F)n1. The number of hydrogen-bond acceptors (Lipinski definition) is 5. The van der Waals surface area contributed by atoms with Crippen molar-refractivity contribution in [2.45, 2.75) is 20.3 Å². The summed E-state index contributed by atoms with van der Waals surface area (Å²) in [7, 11) is 0. The van der Waals surface area contributed by atoms with Gasteiger partial charge in [-0.15, -0.1) is 0 Å². The van der Waals surface area contributed by atoms with Gasteiger partial charge in [-0.2, -0.15) is 0 Å². The number of nitrogen functional groups attached to an aromatic ring is 1. The molecule has 2 aromatic rings. The van der Waals surface area contributed by atoms with E-state index in [9.17, 15) is 13.2 Å². The molecule has 0 spiro atoms. The van der Waals surface area contributed by atoms with E-state index < -0.39 is 17.5 Å². The number of halogens is 3. The molecule has 0 saturated heterocycles. The monoisotopic (exact) mass is 297 g/mol. The number of aryl methyl sites for hydroxylation is 1. The van der Waals surface area contributed by atoms with E-state index in [0.29, 0.717) is 29.7 Å². The van der Waals surface area contributed by atoms with Crippen molar-refractivity contribution in [3.8, 4) is 0 Å². The van der Waals surface area contributed by atoms with E-state index >= 15 is 0 Å². The second-order valence-corrected chi connectivity index (χ2v) is 4.33. The van der Waals surface area contributed by atoms with Gasteiger partial charge in [0.1, 0.15) is 23.3 Å². The Morgan fingerprint density at radius 2 is 1.81 bits per heavy atom. The van der Waals surface area contributed by atoms with Crippen LogP contribution in [0.15, 0.2) is 12.1 Å². The molecule has 0 fully saturated rings. The first-order valence-electron chi connectivity index (χ1n) is 6.22. The average Bonchev–Trinajstić information content (AvgIpc) is 2.46. The summed E-state index contributed by atoms with van der Waals surface area (Å²) in [6, 6.07) is 1.32. The molecule has 1 aromatic carbocycles. The van der Waals surface area contributed by atoms with Gasteiger partial charge >= 0.3 is 0 Å². The molecule has 0 aliphatic rings. The minimum Gasteiger partial charge on any atom is -0.337 e. The van der Waals surface area contributed by atoms with Gasteiger partial charge in [0, 0.05) is 24.1 Å². The second-order valence-electron chi connectivity index (χ2n) is 4.33. The molecule has 112 valence electrons. The lowest BCUT2D eigenvalue weighted by Gasteiger charge is -2.14. The van der Waals surface area contributed by atoms with E-state index in [1.54, 1.807) is 6.92 Å². The zero-order valence-corrected chi connectivity index (χ0v) is 11.5. The third kappa shape index (κ3) is 3.05. The van der Waals surface area contributed by atoms with Gasteiger partial charge in [-0.05, 0) is 6.92 Å². The first-order chi connectivity index (χ1) is 9.96. The van der Waals surface area contributed by atoms with Crippen molar-refractivity contribution in [3.05, 3.63) is 41.0 Å². The lowest BCUT2D eigenvalue weighted by molar-refractivity contribution is 0.498. The fraction of sp³-hybridized carbons (Fsp3) is 0.231. The summed E-state index contributed by atoms with van der Waals surface area (Å²) < 4.78 is 40.1. The number of anilines is 3. The van der Waals surface area contributed by atoms with Gasteiger partial charge in [-0.25, -0.2) is 29.0 Å². The molecule has 21 heavy (non-hydrogen) atoms. The van der Waals surface area contributed by atoms with Gasteiger partial charge in [0.25, 0.3) is 0 Å². The summed E-state index contributed by atoms with van der Waals surface area (Å²) in [5.74, 6) is 3.02. The molecule has 8 heteroatoms. The van der Waals surface area contributed by atoms with Gasteiger partial charge in [0.2, 0.25) is 0 Å². The predicted molar refractivity (Wildman–Crippen MR) is 73.6 cm³/mol. The van der Waals surface area contributed by atoms with Crippen LogP contribution in [0, 0.1) is 24.4 Å². The van der Waals surface area contributed by atoms with E-state index in [4.69, 9.17) is 5.84 Å². The Hall–Kier alpha value is -2.35. The van der Waals surface area contributed by atoms with Crippen molar-refractivity contribution in [1.29, 1.82) is 0 Å². The maximum absolute atomic E-state index is 13.7. The maximum Gasteiger partial charge on any atom is 0.182 e. The Labute approximate surface area is 119 Å². The predicted octanol–water partition coefficient (Wildman–Crippen LogP) is 2.79. The van der Waals surface area contributed by atoms with Crippen LogP contribution in [0.5, 0.6) is 0 Å². The van der Waals surface area contributed by atoms with E-state index in [1.807, 2.05) is 6.92 Å². The largest absolute Gasteiger partial charge is 0.337 e. The summed E-state index contributed by atoms with van der Waals surface area (Å²) in [5.41, 5.74) is 2.55. The number of hydrazine groups is 1. The summed E-state index contributed by atoms with van der Waals surface area (Å²) in [5, 5.41) is 2.57. The van der Waals surface area contributed by atoms with Crippen molar-refractivity contribution in [2.75, 3.05) is 10.7 Å². The van der Waals surface area contributed by atoms with Gasteiger partial charge in [-0.1, -0.05) is 6.92 Å². The van der Waals surface area contributed by atoms with Crippen LogP contribution < -0.4 is 16.6 Å². The van der Waals surface area contributed by atoms with Gasteiger partial charge in [0.15, 0.2) is 11.6 Å². The van der Waals surface area contributed by atoms with Crippen molar-refractivity contribution < 1.29 is 13.2 Å². The molecule has 0 radical (unpaired) electrons. The van der Waals surface area contributed by atoms with Crippen LogP contribution in [0.1, 0.15) is 18.3 Å². The molecule has 1 aromatic heterocycles. The molecule has 1 heterocycles. The van der Waals surface area contributed by atoms with E-state index in [1.165, 1.54) is 0 Å². The standard InChI is InChI=1S/C13H14F3N5/c1-3-10-19-12(6(2)13(20-10)21-17)18-9-5-7(14)4-8(15)11(9)16/h4-5H,3,17H2,1-2H3,(H2,18,19,20,21). The lowest BCUT2D eigenvalue weighted by Crippen LogP contribution is -2.14. The van der Waals surface area contributed by atoms with Gasteiger partial charge in [0.05, 0.1) is 5.69 Å². The first kappa shape index (κ1) is 15.0. The summed E-state index contributed by atoms with van der Waals surface area (Å²) in [6.45, 7) is 3.47. The van der Waals surface area contributed by atoms with Crippen LogP contribution in [-0.2, 0) is 6.42 Å². The second kappa shape index (κ2) is 5.96. The lowest BCUT2D eigenvalue weighted by atomic mass is 10.2. The maximum atomic E-state index is 13.7. The van der Waals surface area contributed by atoms with E-state index in [2.05, 4.69) is 20.7 Å². The molecule has 5 nitrogen and oxygen atoms in total. The third-order valence-electron chi connectivity index (χ3n) is 2.89. The van der Waals surface area contributed by atoms with Crippen LogP contribution >= 0.6 is 0 Å². The van der Waals surface area contributed by atoms with Crippen LogP contribution in [-0.4, -0.2) is 9.97 Å².